The first kappa shape index (κ1) is 12.8. The van der Waals surface area contributed by atoms with E-state index in [1.165, 1.54) is 31.2 Å². The molecular formula is C16H23NO2. The summed E-state index contributed by atoms with van der Waals surface area (Å²) in [5.74, 6) is 1.92. The molecule has 2 aliphatic carbocycles. The van der Waals surface area contributed by atoms with Crippen molar-refractivity contribution < 1.29 is 9.47 Å². The van der Waals surface area contributed by atoms with Gasteiger partial charge in [0, 0.05) is 29.1 Å². The maximum atomic E-state index is 5.66. The van der Waals surface area contributed by atoms with Crippen molar-refractivity contribution in [1.29, 1.82) is 0 Å². The summed E-state index contributed by atoms with van der Waals surface area (Å²) < 4.78 is 11.0. The number of nitrogens with one attached hydrogen (secondary N) is 1. The van der Waals surface area contributed by atoms with Crippen LogP contribution in [0.5, 0.6) is 11.5 Å². The summed E-state index contributed by atoms with van der Waals surface area (Å²) in [6.45, 7) is 3.16. The topological polar surface area (TPSA) is 30.5 Å². The van der Waals surface area contributed by atoms with Gasteiger partial charge in [0.1, 0.15) is 11.5 Å². The fourth-order valence-electron chi connectivity index (χ4n) is 2.89. The molecule has 1 aromatic rings. The van der Waals surface area contributed by atoms with Gasteiger partial charge in [-0.1, -0.05) is 6.07 Å². The number of hydrogen-bond donors (Lipinski definition) is 1. The summed E-state index contributed by atoms with van der Waals surface area (Å²) in [7, 11) is 3.47. The second-order valence-electron chi connectivity index (χ2n) is 5.91. The molecule has 0 atom stereocenters. The van der Waals surface area contributed by atoms with Crippen molar-refractivity contribution in [2.75, 3.05) is 20.8 Å². The van der Waals surface area contributed by atoms with E-state index in [0.29, 0.717) is 5.41 Å². The van der Waals surface area contributed by atoms with Gasteiger partial charge >= 0.3 is 0 Å². The molecule has 3 nitrogen and oxygen atoms in total. The van der Waals surface area contributed by atoms with E-state index in [0.717, 1.165) is 29.6 Å². The third kappa shape index (κ3) is 2.32. The van der Waals surface area contributed by atoms with E-state index in [2.05, 4.69) is 24.4 Å². The zero-order chi connectivity index (χ0) is 13.5. The number of methoxy groups -OCH3 is 2. The molecule has 0 aromatic heterocycles. The Morgan fingerprint density at radius 3 is 2.47 bits per heavy atom. The van der Waals surface area contributed by atoms with Crippen LogP contribution in [-0.2, 0) is 5.41 Å². The lowest BCUT2D eigenvalue weighted by Crippen LogP contribution is -2.29. The molecule has 2 aliphatic rings. The van der Waals surface area contributed by atoms with Crippen LogP contribution in [0.1, 0.15) is 36.8 Å². The lowest BCUT2D eigenvalue weighted by Gasteiger charge is -2.22. The van der Waals surface area contributed by atoms with E-state index in [-0.39, 0.29) is 0 Å². The van der Waals surface area contributed by atoms with E-state index in [4.69, 9.17) is 9.47 Å². The lowest BCUT2D eigenvalue weighted by molar-refractivity contribution is 0.380. The summed E-state index contributed by atoms with van der Waals surface area (Å²) in [5, 5.41) is 3.67. The van der Waals surface area contributed by atoms with Gasteiger partial charge in [0.05, 0.1) is 14.2 Å². The molecule has 0 aliphatic heterocycles. The van der Waals surface area contributed by atoms with Crippen LogP contribution >= 0.6 is 0 Å². The molecule has 2 saturated carbocycles. The van der Waals surface area contributed by atoms with Crippen LogP contribution in [0, 0.1) is 6.92 Å². The van der Waals surface area contributed by atoms with Crippen LogP contribution in [0.2, 0.25) is 0 Å². The van der Waals surface area contributed by atoms with E-state index in [1.54, 1.807) is 14.2 Å². The van der Waals surface area contributed by atoms with Gasteiger partial charge in [0.25, 0.3) is 0 Å². The molecule has 3 rings (SSSR count). The highest BCUT2D eigenvalue weighted by molar-refractivity contribution is 5.54. The summed E-state index contributed by atoms with van der Waals surface area (Å²) in [5.41, 5.74) is 2.76. The zero-order valence-electron chi connectivity index (χ0n) is 12.1. The van der Waals surface area contributed by atoms with Crippen LogP contribution in [0.15, 0.2) is 12.1 Å². The third-order valence-electron chi connectivity index (χ3n) is 4.51. The van der Waals surface area contributed by atoms with Crippen molar-refractivity contribution in [3.05, 3.63) is 23.3 Å². The van der Waals surface area contributed by atoms with Crippen LogP contribution in [-0.4, -0.2) is 26.8 Å². The van der Waals surface area contributed by atoms with Gasteiger partial charge in [-0.05, 0) is 38.7 Å². The molecule has 0 spiro atoms. The lowest BCUT2D eigenvalue weighted by atomic mass is 9.92. The molecule has 1 aromatic carbocycles. The Bertz CT molecular complexity index is 476. The largest absolute Gasteiger partial charge is 0.496 e. The molecule has 2 fully saturated rings. The van der Waals surface area contributed by atoms with Gasteiger partial charge < -0.3 is 14.8 Å². The van der Waals surface area contributed by atoms with Gasteiger partial charge in [-0.2, -0.15) is 0 Å². The van der Waals surface area contributed by atoms with Crippen molar-refractivity contribution in [2.24, 2.45) is 0 Å². The Hall–Kier alpha value is -1.22. The minimum absolute atomic E-state index is 0.297. The molecule has 19 heavy (non-hydrogen) atoms. The van der Waals surface area contributed by atoms with Crippen LogP contribution in [0.4, 0.5) is 0 Å². The number of rotatable bonds is 6. The molecule has 104 valence electrons. The molecule has 1 N–H and O–H groups in total. The highest BCUT2D eigenvalue weighted by atomic mass is 16.5. The quantitative estimate of drug-likeness (QED) is 0.854. The van der Waals surface area contributed by atoms with Crippen molar-refractivity contribution in [2.45, 2.75) is 44.1 Å². The molecular weight excluding hydrogens is 238 g/mol. The molecule has 0 bridgehead atoms. The predicted molar refractivity (Wildman–Crippen MR) is 76.2 cm³/mol. The molecule has 0 amide bonds. The molecule has 3 heteroatoms. The van der Waals surface area contributed by atoms with E-state index in [1.807, 2.05) is 0 Å². The van der Waals surface area contributed by atoms with Crippen molar-refractivity contribution in [1.82, 2.24) is 5.32 Å². The smallest absolute Gasteiger partial charge is 0.129 e. The standard InChI is InChI=1S/C16H23NO2/c1-11-14(18-2)7-6-13(15(11)19-3)16(8-9-16)10-17-12-4-5-12/h6-7,12,17H,4-5,8-10H2,1-3H3. The van der Waals surface area contributed by atoms with Crippen LogP contribution < -0.4 is 14.8 Å². The highest BCUT2D eigenvalue weighted by Gasteiger charge is 2.47. The van der Waals surface area contributed by atoms with Crippen molar-refractivity contribution in [3.8, 4) is 11.5 Å². The SMILES string of the molecule is COc1ccc(C2(CNC3CC3)CC2)c(OC)c1C. The fraction of sp³-hybridized carbons (Fsp3) is 0.625. The Labute approximate surface area is 115 Å². The predicted octanol–water partition coefficient (Wildman–Crippen LogP) is 2.80. The monoisotopic (exact) mass is 261 g/mol. The molecule has 0 heterocycles. The van der Waals surface area contributed by atoms with E-state index < -0.39 is 0 Å². The first-order chi connectivity index (χ1) is 9.20. The second kappa shape index (κ2) is 4.71. The van der Waals surface area contributed by atoms with Gasteiger partial charge in [0.15, 0.2) is 0 Å². The zero-order valence-corrected chi connectivity index (χ0v) is 12.1. The molecule has 0 unspecified atom stereocenters. The first-order valence-corrected chi connectivity index (χ1v) is 7.15. The summed E-state index contributed by atoms with van der Waals surface area (Å²) >= 11 is 0. The van der Waals surface area contributed by atoms with E-state index in [9.17, 15) is 0 Å². The Morgan fingerprint density at radius 2 is 1.95 bits per heavy atom. The van der Waals surface area contributed by atoms with Crippen molar-refractivity contribution in [3.63, 3.8) is 0 Å². The summed E-state index contributed by atoms with van der Waals surface area (Å²) in [4.78, 5) is 0. The molecule has 0 saturated heterocycles. The van der Waals surface area contributed by atoms with Gasteiger partial charge in [0.2, 0.25) is 0 Å². The summed E-state index contributed by atoms with van der Waals surface area (Å²) in [6, 6.07) is 5.03. The number of benzene rings is 1. The fourth-order valence-corrected chi connectivity index (χ4v) is 2.89. The van der Waals surface area contributed by atoms with Crippen molar-refractivity contribution >= 4 is 0 Å². The maximum absolute atomic E-state index is 5.66. The Balaban J connectivity index is 1.88. The van der Waals surface area contributed by atoms with Crippen LogP contribution in [0.25, 0.3) is 0 Å². The average molecular weight is 261 g/mol. The second-order valence-corrected chi connectivity index (χ2v) is 5.91. The summed E-state index contributed by atoms with van der Waals surface area (Å²) in [6.07, 6.45) is 5.20. The van der Waals surface area contributed by atoms with Gasteiger partial charge in [-0.3, -0.25) is 0 Å². The first-order valence-electron chi connectivity index (χ1n) is 7.15. The Kier molecular flexibility index (Phi) is 3.17. The Morgan fingerprint density at radius 1 is 1.21 bits per heavy atom. The minimum Gasteiger partial charge on any atom is -0.496 e. The highest BCUT2D eigenvalue weighted by Crippen LogP contribution is 2.52. The molecule has 0 radical (unpaired) electrons. The number of ether oxygens (including phenoxy) is 2. The maximum Gasteiger partial charge on any atom is 0.129 e. The van der Waals surface area contributed by atoms with E-state index >= 15 is 0 Å². The minimum atomic E-state index is 0.297. The third-order valence-corrected chi connectivity index (χ3v) is 4.51. The van der Waals surface area contributed by atoms with Gasteiger partial charge in [-0.15, -0.1) is 0 Å². The number of hydrogen-bond acceptors (Lipinski definition) is 3. The van der Waals surface area contributed by atoms with Crippen LogP contribution in [0.3, 0.4) is 0 Å². The average Bonchev–Trinajstić information content (AvgIpc) is 3.30. The normalized spacial score (nSPS) is 20.2. The van der Waals surface area contributed by atoms with Gasteiger partial charge in [-0.25, -0.2) is 0 Å².